The second-order valence-electron chi connectivity index (χ2n) is 3.22. The lowest BCUT2D eigenvalue weighted by Gasteiger charge is -2.00. The second kappa shape index (κ2) is 5.01. The third-order valence-corrected chi connectivity index (χ3v) is 2.48. The number of halogens is 1. The van der Waals surface area contributed by atoms with Crippen molar-refractivity contribution in [2.75, 3.05) is 0 Å². The third-order valence-electron chi connectivity index (χ3n) is 1.95. The zero-order chi connectivity index (χ0) is 13.1. The van der Waals surface area contributed by atoms with Crippen molar-refractivity contribution in [1.29, 1.82) is 0 Å². The monoisotopic (exact) mass is 311 g/mol. The van der Waals surface area contributed by atoms with Gasteiger partial charge in [-0.15, -0.1) is 0 Å². The van der Waals surface area contributed by atoms with E-state index in [1.807, 2.05) is 0 Å². The van der Waals surface area contributed by atoms with Gasteiger partial charge in [-0.2, -0.15) is 0 Å². The predicted octanol–water partition coefficient (Wildman–Crippen LogP) is 2.35. The summed E-state index contributed by atoms with van der Waals surface area (Å²) in [6.45, 7) is 0. The number of carbonyl (C=O) groups is 2. The fraction of sp³-hybridized carbons (Fsp3) is 0. The molecule has 0 saturated heterocycles. The highest BCUT2D eigenvalue weighted by Gasteiger charge is 2.18. The van der Waals surface area contributed by atoms with Crippen LogP contribution in [0.4, 0.5) is 0 Å². The molecule has 2 rings (SSSR count). The molecule has 0 amide bonds. The lowest BCUT2D eigenvalue weighted by atomic mass is 10.3. The average molecular weight is 312 g/mol. The molecule has 1 heterocycles. The van der Waals surface area contributed by atoms with E-state index in [0.29, 0.717) is 5.75 Å². The van der Waals surface area contributed by atoms with Crippen molar-refractivity contribution >= 4 is 27.9 Å². The van der Waals surface area contributed by atoms with E-state index in [-0.39, 0.29) is 11.5 Å². The molecular formula is C11H6BrNO5. The Morgan fingerprint density at radius 1 is 1.28 bits per heavy atom. The van der Waals surface area contributed by atoms with E-state index in [2.05, 4.69) is 25.6 Å². The molecule has 0 fully saturated rings. The standard InChI is InChI=1S/C11H6BrNO5/c12-6-1-3-7(4-2-6)17-11(16)9-5-8(10(14)15)13-18-9/h1-5H,(H,14,15). The number of benzene rings is 1. The highest BCUT2D eigenvalue weighted by molar-refractivity contribution is 9.10. The Hall–Kier alpha value is -2.15. The fourth-order valence-corrected chi connectivity index (χ4v) is 1.40. The minimum Gasteiger partial charge on any atom is -0.476 e. The van der Waals surface area contributed by atoms with Crippen LogP contribution in [0.1, 0.15) is 21.0 Å². The van der Waals surface area contributed by atoms with Crippen LogP contribution in [0.5, 0.6) is 5.75 Å². The highest BCUT2D eigenvalue weighted by atomic mass is 79.9. The Labute approximate surface area is 109 Å². The molecule has 0 aliphatic heterocycles. The van der Waals surface area contributed by atoms with Gasteiger partial charge >= 0.3 is 11.9 Å². The molecule has 6 nitrogen and oxygen atoms in total. The summed E-state index contributed by atoms with van der Waals surface area (Å²) in [5.41, 5.74) is -0.349. The van der Waals surface area contributed by atoms with Crippen molar-refractivity contribution in [3.63, 3.8) is 0 Å². The quantitative estimate of drug-likeness (QED) is 0.691. The smallest absolute Gasteiger partial charge is 0.382 e. The van der Waals surface area contributed by atoms with Crippen LogP contribution < -0.4 is 4.74 Å². The molecule has 0 aliphatic carbocycles. The summed E-state index contributed by atoms with van der Waals surface area (Å²) in [7, 11) is 0. The van der Waals surface area contributed by atoms with Crippen LogP contribution in [-0.2, 0) is 0 Å². The Kier molecular flexibility index (Phi) is 3.42. The summed E-state index contributed by atoms with van der Waals surface area (Å²) in [4.78, 5) is 22.1. The van der Waals surface area contributed by atoms with Crippen LogP contribution >= 0.6 is 15.9 Å². The maximum absolute atomic E-state index is 11.6. The fourth-order valence-electron chi connectivity index (χ4n) is 1.13. The van der Waals surface area contributed by atoms with Crippen molar-refractivity contribution in [3.8, 4) is 5.75 Å². The van der Waals surface area contributed by atoms with Gasteiger partial charge in [-0.05, 0) is 24.3 Å². The molecule has 2 aromatic rings. The molecule has 0 unspecified atom stereocenters. The van der Waals surface area contributed by atoms with Gasteiger partial charge in [0.1, 0.15) is 5.75 Å². The van der Waals surface area contributed by atoms with Gasteiger partial charge in [-0.1, -0.05) is 21.1 Å². The van der Waals surface area contributed by atoms with Gasteiger partial charge in [0.25, 0.3) is 0 Å². The molecule has 0 atom stereocenters. The molecule has 1 aromatic carbocycles. The Balaban J connectivity index is 2.11. The lowest BCUT2D eigenvalue weighted by Crippen LogP contribution is -2.07. The van der Waals surface area contributed by atoms with E-state index < -0.39 is 11.9 Å². The topological polar surface area (TPSA) is 89.6 Å². The van der Waals surface area contributed by atoms with Gasteiger partial charge in [0, 0.05) is 10.5 Å². The van der Waals surface area contributed by atoms with Crippen LogP contribution in [0.2, 0.25) is 0 Å². The number of esters is 1. The summed E-state index contributed by atoms with van der Waals surface area (Å²) in [6, 6.07) is 7.56. The van der Waals surface area contributed by atoms with Crippen molar-refractivity contribution in [2.45, 2.75) is 0 Å². The number of hydrogen-bond donors (Lipinski definition) is 1. The molecule has 0 aliphatic rings. The summed E-state index contributed by atoms with van der Waals surface area (Å²) < 4.78 is 10.4. The van der Waals surface area contributed by atoms with Gasteiger partial charge in [-0.25, -0.2) is 9.59 Å². The molecule has 0 bridgehead atoms. The van der Waals surface area contributed by atoms with Crippen molar-refractivity contribution in [3.05, 3.63) is 46.3 Å². The normalized spacial score (nSPS) is 10.1. The largest absolute Gasteiger partial charge is 0.476 e. The zero-order valence-electron chi connectivity index (χ0n) is 8.79. The maximum atomic E-state index is 11.6. The first-order valence-electron chi connectivity index (χ1n) is 4.74. The number of aromatic nitrogens is 1. The Morgan fingerprint density at radius 3 is 2.50 bits per heavy atom. The molecule has 92 valence electrons. The number of carboxylic acids is 1. The van der Waals surface area contributed by atoms with Gasteiger partial charge in [0.05, 0.1) is 0 Å². The van der Waals surface area contributed by atoms with E-state index in [0.717, 1.165) is 10.5 Å². The molecule has 1 aromatic heterocycles. The summed E-state index contributed by atoms with van der Waals surface area (Å²) in [6.07, 6.45) is 0. The molecule has 0 saturated carbocycles. The van der Waals surface area contributed by atoms with Crippen molar-refractivity contribution in [1.82, 2.24) is 5.16 Å². The molecule has 7 heteroatoms. The summed E-state index contributed by atoms with van der Waals surface area (Å²) in [5.74, 6) is -2.04. The first-order chi connectivity index (χ1) is 8.56. The molecule has 1 N–H and O–H groups in total. The molecule has 0 spiro atoms. The number of carbonyl (C=O) groups excluding carboxylic acids is 1. The zero-order valence-corrected chi connectivity index (χ0v) is 10.4. The summed E-state index contributed by atoms with van der Waals surface area (Å²) in [5, 5.41) is 11.8. The molecule has 0 radical (unpaired) electrons. The van der Waals surface area contributed by atoms with Gasteiger partial charge in [0.15, 0.2) is 5.69 Å². The predicted molar refractivity (Wildman–Crippen MR) is 62.6 cm³/mol. The number of nitrogens with zero attached hydrogens (tertiary/aromatic N) is 1. The Bertz CT molecular complexity index is 590. The molecule has 18 heavy (non-hydrogen) atoms. The first kappa shape index (κ1) is 12.3. The van der Waals surface area contributed by atoms with Crippen molar-refractivity contribution in [2.24, 2.45) is 0 Å². The second-order valence-corrected chi connectivity index (χ2v) is 4.14. The number of hydrogen-bond acceptors (Lipinski definition) is 5. The van der Waals surface area contributed by atoms with Crippen LogP contribution in [0.15, 0.2) is 39.3 Å². The third kappa shape index (κ3) is 2.75. The van der Waals surface area contributed by atoms with E-state index in [4.69, 9.17) is 9.84 Å². The number of aromatic carboxylic acids is 1. The Morgan fingerprint density at radius 2 is 1.94 bits per heavy atom. The van der Waals surface area contributed by atoms with Crippen LogP contribution in [0.3, 0.4) is 0 Å². The van der Waals surface area contributed by atoms with Gasteiger partial charge < -0.3 is 14.4 Å². The SMILES string of the molecule is O=C(O)c1cc(C(=O)Oc2ccc(Br)cc2)on1. The number of ether oxygens (including phenoxy) is 1. The first-order valence-corrected chi connectivity index (χ1v) is 5.53. The van der Waals surface area contributed by atoms with E-state index in [1.165, 1.54) is 0 Å². The summed E-state index contributed by atoms with van der Waals surface area (Å²) >= 11 is 3.24. The van der Waals surface area contributed by atoms with E-state index in [1.54, 1.807) is 24.3 Å². The van der Waals surface area contributed by atoms with Gasteiger partial charge in [-0.3, -0.25) is 0 Å². The van der Waals surface area contributed by atoms with Crippen molar-refractivity contribution < 1.29 is 24.0 Å². The minimum absolute atomic E-state index is 0.268. The highest BCUT2D eigenvalue weighted by Crippen LogP contribution is 2.17. The number of rotatable bonds is 3. The number of carboxylic acid groups (broad SMARTS) is 1. The maximum Gasteiger partial charge on any atom is 0.382 e. The average Bonchev–Trinajstić information content (AvgIpc) is 2.81. The van der Waals surface area contributed by atoms with E-state index in [9.17, 15) is 9.59 Å². The lowest BCUT2D eigenvalue weighted by molar-refractivity contribution is 0.0668. The van der Waals surface area contributed by atoms with Crippen LogP contribution in [-0.4, -0.2) is 22.2 Å². The molecular weight excluding hydrogens is 306 g/mol. The van der Waals surface area contributed by atoms with Crippen LogP contribution in [0.25, 0.3) is 0 Å². The van der Waals surface area contributed by atoms with Crippen LogP contribution in [0, 0.1) is 0 Å². The van der Waals surface area contributed by atoms with Gasteiger partial charge in [0.2, 0.25) is 5.76 Å². The van der Waals surface area contributed by atoms with E-state index >= 15 is 0 Å². The minimum atomic E-state index is -1.28.